The SMILES string of the molecule is COc1ccc(C2=NN3[C@H](C2)c2cc(Cl)cc(Cl)c2O[C@H]3c2cccc(Cl)c2)cc1. The van der Waals surface area contributed by atoms with Crippen LogP contribution in [-0.4, -0.2) is 17.8 Å². The first-order chi connectivity index (χ1) is 14.5. The summed E-state index contributed by atoms with van der Waals surface area (Å²) in [6, 6.07) is 19.0. The molecule has 2 atom stereocenters. The van der Waals surface area contributed by atoms with Crippen molar-refractivity contribution in [2.24, 2.45) is 5.10 Å². The zero-order valence-electron chi connectivity index (χ0n) is 16.0. The third-order valence-electron chi connectivity index (χ3n) is 5.37. The van der Waals surface area contributed by atoms with E-state index in [-0.39, 0.29) is 6.04 Å². The number of benzene rings is 3. The van der Waals surface area contributed by atoms with Crippen LogP contribution in [0.3, 0.4) is 0 Å². The fraction of sp³-hybridized carbons (Fsp3) is 0.174. The zero-order chi connectivity index (χ0) is 20.8. The Morgan fingerprint density at radius 2 is 1.80 bits per heavy atom. The number of methoxy groups -OCH3 is 1. The Balaban J connectivity index is 1.61. The lowest BCUT2D eigenvalue weighted by atomic mass is 9.96. The lowest BCUT2D eigenvalue weighted by Crippen LogP contribution is -2.33. The Labute approximate surface area is 189 Å². The highest BCUT2D eigenvalue weighted by atomic mass is 35.5. The molecule has 5 rings (SSSR count). The lowest BCUT2D eigenvalue weighted by molar-refractivity contribution is -0.0189. The molecule has 0 spiro atoms. The van der Waals surface area contributed by atoms with Gasteiger partial charge in [0.15, 0.2) is 0 Å². The second-order valence-electron chi connectivity index (χ2n) is 7.21. The Morgan fingerprint density at radius 3 is 2.53 bits per heavy atom. The zero-order valence-corrected chi connectivity index (χ0v) is 18.2. The molecule has 152 valence electrons. The Kier molecular flexibility index (Phi) is 5.02. The fourth-order valence-electron chi connectivity index (χ4n) is 3.95. The van der Waals surface area contributed by atoms with Crippen LogP contribution in [0.15, 0.2) is 65.8 Å². The fourth-order valence-corrected chi connectivity index (χ4v) is 4.71. The largest absolute Gasteiger partial charge is 0.497 e. The van der Waals surface area contributed by atoms with Crippen molar-refractivity contribution in [3.63, 3.8) is 0 Å². The monoisotopic (exact) mass is 458 g/mol. The molecule has 2 aliphatic rings. The second kappa shape index (κ2) is 7.69. The normalized spacial score (nSPS) is 19.6. The van der Waals surface area contributed by atoms with Crippen molar-refractivity contribution in [3.8, 4) is 11.5 Å². The van der Waals surface area contributed by atoms with Crippen molar-refractivity contribution in [2.45, 2.75) is 18.7 Å². The molecule has 0 saturated carbocycles. The van der Waals surface area contributed by atoms with E-state index in [0.29, 0.717) is 27.2 Å². The third kappa shape index (κ3) is 3.39. The van der Waals surface area contributed by atoms with E-state index in [2.05, 4.69) is 0 Å². The maximum Gasteiger partial charge on any atom is 0.214 e. The van der Waals surface area contributed by atoms with Crippen molar-refractivity contribution >= 4 is 40.5 Å². The predicted molar refractivity (Wildman–Crippen MR) is 120 cm³/mol. The van der Waals surface area contributed by atoms with E-state index in [4.69, 9.17) is 49.4 Å². The smallest absolute Gasteiger partial charge is 0.214 e. The Bertz CT molecular complexity index is 1150. The summed E-state index contributed by atoms with van der Waals surface area (Å²) in [4.78, 5) is 0. The van der Waals surface area contributed by atoms with Gasteiger partial charge in [-0.1, -0.05) is 46.9 Å². The summed E-state index contributed by atoms with van der Waals surface area (Å²) < 4.78 is 11.6. The number of rotatable bonds is 3. The predicted octanol–water partition coefficient (Wildman–Crippen LogP) is 6.90. The van der Waals surface area contributed by atoms with Crippen LogP contribution in [0.5, 0.6) is 11.5 Å². The van der Waals surface area contributed by atoms with Gasteiger partial charge in [-0.3, -0.25) is 0 Å². The van der Waals surface area contributed by atoms with E-state index < -0.39 is 6.23 Å². The summed E-state index contributed by atoms with van der Waals surface area (Å²) >= 11 is 19.1. The van der Waals surface area contributed by atoms with Gasteiger partial charge in [-0.15, -0.1) is 0 Å². The van der Waals surface area contributed by atoms with Gasteiger partial charge in [-0.05, 0) is 54.1 Å². The average molecular weight is 460 g/mol. The van der Waals surface area contributed by atoms with Crippen LogP contribution in [0.2, 0.25) is 15.1 Å². The number of hydrogen-bond acceptors (Lipinski definition) is 4. The number of hydrogen-bond donors (Lipinski definition) is 0. The molecule has 3 aromatic rings. The first-order valence-electron chi connectivity index (χ1n) is 9.45. The molecule has 0 unspecified atom stereocenters. The number of halogens is 3. The summed E-state index contributed by atoms with van der Waals surface area (Å²) in [5, 5.41) is 8.61. The minimum absolute atomic E-state index is 0.0500. The number of hydrazone groups is 1. The third-order valence-corrected chi connectivity index (χ3v) is 6.10. The first kappa shape index (κ1) is 19.6. The highest BCUT2D eigenvalue weighted by Crippen LogP contribution is 2.50. The van der Waals surface area contributed by atoms with Crippen molar-refractivity contribution in [1.82, 2.24) is 5.01 Å². The van der Waals surface area contributed by atoms with Gasteiger partial charge in [-0.25, -0.2) is 5.01 Å². The second-order valence-corrected chi connectivity index (χ2v) is 8.49. The molecule has 0 N–H and O–H groups in total. The molecule has 7 heteroatoms. The summed E-state index contributed by atoms with van der Waals surface area (Å²) in [6.45, 7) is 0. The van der Waals surface area contributed by atoms with Crippen LogP contribution in [0.1, 0.15) is 35.4 Å². The maximum atomic E-state index is 6.50. The molecule has 4 nitrogen and oxygen atoms in total. The first-order valence-corrected chi connectivity index (χ1v) is 10.6. The standard InChI is InChI=1S/C23H17Cl3N2O2/c1-29-17-7-5-13(6-8-17)20-12-21-18-10-16(25)11-19(26)22(18)30-23(28(21)27-20)14-3-2-4-15(24)9-14/h2-11,21,23H,12H2,1H3/t21-,23+/m1/s1. The van der Waals surface area contributed by atoms with E-state index >= 15 is 0 Å². The van der Waals surface area contributed by atoms with E-state index in [0.717, 1.165) is 28.2 Å². The minimum Gasteiger partial charge on any atom is -0.497 e. The van der Waals surface area contributed by atoms with Gasteiger partial charge in [0.1, 0.15) is 11.5 Å². The molecule has 3 aromatic carbocycles. The quantitative estimate of drug-likeness (QED) is 0.427. The molecule has 0 saturated heterocycles. The minimum atomic E-state index is -0.448. The van der Waals surface area contributed by atoms with Gasteiger partial charge in [0.2, 0.25) is 6.23 Å². The van der Waals surface area contributed by atoms with Gasteiger partial charge in [0, 0.05) is 27.6 Å². The maximum absolute atomic E-state index is 6.50. The molecule has 2 aliphatic heterocycles. The van der Waals surface area contributed by atoms with Crippen LogP contribution < -0.4 is 9.47 Å². The van der Waals surface area contributed by atoms with Crippen molar-refractivity contribution in [3.05, 3.63) is 92.4 Å². The van der Waals surface area contributed by atoms with E-state index in [9.17, 15) is 0 Å². The van der Waals surface area contributed by atoms with Gasteiger partial charge in [-0.2, -0.15) is 5.10 Å². The van der Waals surface area contributed by atoms with Crippen molar-refractivity contribution in [1.29, 1.82) is 0 Å². The molecule has 0 amide bonds. The summed E-state index contributed by atoms with van der Waals surface area (Å²) in [5.74, 6) is 1.44. The van der Waals surface area contributed by atoms with E-state index in [1.807, 2.05) is 59.6 Å². The number of fused-ring (bicyclic) bond motifs is 3. The van der Waals surface area contributed by atoms with Crippen LogP contribution in [-0.2, 0) is 0 Å². The van der Waals surface area contributed by atoms with Crippen molar-refractivity contribution in [2.75, 3.05) is 7.11 Å². The topological polar surface area (TPSA) is 34.1 Å². The molecule has 30 heavy (non-hydrogen) atoms. The molecule has 0 aliphatic carbocycles. The van der Waals surface area contributed by atoms with Gasteiger partial charge < -0.3 is 9.47 Å². The Morgan fingerprint density at radius 1 is 1.00 bits per heavy atom. The summed E-state index contributed by atoms with van der Waals surface area (Å²) in [7, 11) is 1.65. The molecular weight excluding hydrogens is 443 g/mol. The van der Waals surface area contributed by atoms with E-state index in [1.54, 1.807) is 13.2 Å². The molecule has 0 aromatic heterocycles. The summed E-state index contributed by atoms with van der Waals surface area (Å²) in [5.41, 5.74) is 3.83. The van der Waals surface area contributed by atoms with Crippen LogP contribution >= 0.6 is 34.8 Å². The van der Waals surface area contributed by atoms with E-state index in [1.165, 1.54) is 0 Å². The lowest BCUT2D eigenvalue weighted by Gasteiger charge is -2.38. The number of nitrogens with zero attached hydrogens (tertiary/aromatic N) is 2. The van der Waals surface area contributed by atoms with Crippen molar-refractivity contribution < 1.29 is 9.47 Å². The average Bonchev–Trinajstić information content (AvgIpc) is 3.19. The molecular formula is C23H17Cl3N2O2. The van der Waals surface area contributed by atoms with Crippen LogP contribution in [0.4, 0.5) is 0 Å². The molecule has 0 radical (unpaired) electrons. The highest BCUT2D eigenvalue weighted by Gasteiger charge is 2.42. The van der Waals surface area contributed by atoms with Gasteiger partial charge in [0.25, 0.3) is 0 Å². The molecule has 2 heterocycles. The molecule has 0 bridgehead atoms. The molecule has 0 fully saturated rings. The van der Waals surface area contributed by atoms with Gasteiger partial charge in [0.05, 0.1) is 23.9 Å². The Hall–Kier alpha value is -2.40. The van der Waals surface area contributed by atoms with Crippen LogP contribution in [0.25, 0.3) is 0 Å². The summed E-state index contributed by atoms with van der Waals surface area (Å²) in [6.07, 6.45) is 0.256. The van der Waals surface area contributed by atoms with Gasteiger partial charge >= 0.3 is 0 Å². The number of ether oxygens (including phenoxy) is 2. The highest BCUT2D eigenvalue weighted by molar-refractivity contribution is 6.35. The van der Waals surface area contributed by atoms with Crippen LogP contribution in [0, 0.1) is 0 Å².